The van der Waals surface area contributed by atoms with Crippen molar-refractivity contribution in [1.82, 2.24) is 0 Å². The summed E-state index contributed by atoms with van der Waals surface area (Å²) in [6.07, 6.45) is 1.62. The Morgan fingerprint density at radius 2 is 2.04 bits per heavy atom. The van der Waals surface area contributed by atoms with Crippen LogP contribution in [0.1, 0.15) is 33.6 Å². The third-order valence-corrected chi connectivity index (χ3v) is 5.51. The van der Waals surface area contributed by atoms with Gasteiger partial charge in [0.1, 0.15) is 24.4 Å². The molecule has 0 amide bonds. The zero-order valence-corrected chi connectivity index (χ0v) is 15.5. The number of allylic oxidation sites excluding steroid dienone is 1. The highest BCUT2D eigenvalue weighted by Gasteiger charge is 2.65. The predicted octanol–water partition coefficient (Wildman–Crippen LogP) is 1.77. The second kappa shape index (κ2) is 6.05. The maximum absolute atomic E-state index is 12.3. The molecule has 144 valence electrons. The Labute approximate surface area is 157 Å². The molecule has 4 rings (SSSR count). The molecule has 0 aromatic heterocycles. The Kier molecular flexibility index (Phi) is 4.03. The highest BCUT2D eigenvalue weighted by Crippen LogP contribution is 2.51. The van der Waals surface area contributed by atoms with Crippen LogP contribution in [-0.2, 0) is 33.3 Å². The van der Waals surface area contributed by atoms with E-state index in [1.807, 2.05) is 6.92 Å². The van der Waals surface area contributed by atoms with E-state index in [2.05, 4.69) is 6.58 Å². The van der Waals surface area contributed by atoms with Crippen molar-refractivity contribution in [3.8, 4) is 0 Å². The van der Waals surface area contributed by atoms with Crippen molar-refractivity contribution in [1.29, 1.82) is 0 Å². The maximum atomic E-state index is 12.3. The Balaban J connectivity index is 1.71. The van der Waals surface area contributed by atoms with Crippen LogP contribution >= 0.6 is 0 Å². The summed E-state index contributed by atoms with van der Waals surface area (Å²) in [5.74, 6) is -2.07. The Bertz CT molecular complexity index is 803. The molecule has 0 aromatic carbocycles. The van der Waals surface area contributed by atoms with Gasteiger partial charge in [0, 0.05) is 30.1 Å². The minimum Gasteiger partial charge on any atom is -0.458 e. The molecule has 6 atom stereocenters. The van der Waals surface area contributed by atoms with E-state index >= 15 is 0 Å². The molecule has 3 aliphatic heterocycles. The van der Waals surface area contributed by atoms with E-state index in [0.717, 1.165) is 5.57 Å². The zero-order valence-electron chi connectivity index (χ0n) is 15.5. The van der Waals surface area contributed by atoms with Gasteiger partial charge in [-0.05, 0) is 26.8 Å². The SMILES string of the molecule is C=C1C(=O)O[C@H]2[C@H]1[C@@H](OC(=O)C=C(C)C)CC1=C[C@H](C[C@]3(C)O[C@H]23)OC1=O. The summed E-state index contributed by atoms with van der Waals surface area (Å²) in [7, 11) is 0. The summed E-state index contributed by atoms with van der Waals surface area (Å²) in [6.45, 7) is 9.31. The van der Waals surface area contributed by atoms with Gasteiger partial charge in [-0.1, -0.05) is 12.2 Å². The first-order chi connectivity index (χ1) is 12.7. The summed E-state index contributed by atoms with van der Waals surface area (Å²) < 4.78 is 22.4. The van der Waals surface area contributed by atoms with Crippen molar-refractivity contribution >= 4 is 17.9 Å². The summed E-state index contributed by atoms with van der Waals surface area (Å²) >= 11 is 0. The standard InChI is InChI=1S/C20H22O7/c1-9(2)5-14(21)25-13-7-11-6-12(24-19(11)23)8-20(4)17(27-20)16-15(13)10(3)18(22)26-16/h5-6,12-13,15-17H,3,7-8H2,1-2,4H3/t12-,13+,15-,16+,17-,20+/m1/s1. The first-order valence-electron chi connectivity index (χ1n) is 9.03. The van der Waals surface area contributed by atoms with Crippen molar-refractivity contribution in [2.24, 2.45) is 5.92 Å². The Morgan fingerprint density at radius 1 is 1.30 bits per heavy atom. The molecule has 0 saturated carbocycles. The highest BCUT2D eigenvalue weighted by atomic mass is 16.7. The number of carbonyl (C=O) groups excluding carboxylic acids is 3. The van der Waals surface area contributed by atoms with Gasteiger partial charge in [0.15, 0.2) is 0 Å². The molecule has 2 bridgehead atoms. The van der Waals surface area contributed by atoms with Gasteiger partial charge in [0.25, 0.3) is 0 Å². The number of carbonyl (C=O) groups is 3. The number of epoxide rings is 1. The van der Waals surface area contributed by atoms with E-state index in [4.69, 9.17) is 18.9 Å². The average Bonchev–Trinajstić information content (AvgIpc) is 2.95. The first-order valence-corrected chi connectivity index (χ1v) is 9.03. The Morgan fingerprint density at radius 3 is 2.74 bits per heavy atom. The van der Waals surface area contributed by atoms with E-state index < -0.39 is 47.7 Å². The smallest absolute Gasteiger partial charge is 0.334 e. The second-order valence-electron chi connectivity index (χ2n) is 8.01. The fraction of sp³-hybridized carbons (Fsp3) is 0.550. The molecule has 2 fully saturated rings. The molecule has 0 radical (unpaired) electrons. The van der Waals surface area contributed by atoms with E-state index in [1.165, 1.54) is 6.08 Å². The number of ether oxygens (including phenoxy) is 4. The van der Waals surface area contributed by atoms with Crippen LogP contribution in [0, 0.1) is 5.92 Å². The van der Waals surface area contributed by atoms with E-state index in [-0.39, 0.29) is 18.1 Å². The molecule has 3 heterocycles. The van der Waals surface area contributed by atoms with Crippen molar-refractivity contribution in [2.75, 3.05) is 0 Å². The number of hydrogen-bond donors (Lipinski definition) is 0. The molecule has 2 saturated heterocycles. The number of fused-ring (bicyclic) bond motifs is 4. The van der Waals surface area contributed by atoms with Gasteiger partial charge >= 0.3 is 17.9 Å². The molecular formula is C20H22O7. The van der Waals surface area contributed by atoms with Gasteiger partial charge in [-0.25, -0.2) is 14.4 Å². The van der Waals surface area contributed by atoms with Crippen LogP contribution < -0.4 is 0 Å². The lowest BCUT2D eigenvalue weighted by Gasteiger charge is -2.26. The van der Waals surface area contributed by atoms with Crippen LogP contribution in [0.25, 0.3) is 0 Å². The van der Waals surface area contributed by atoms with Crippen molar-refractivity contribution in [3.05, 3.63) is 35.5 Å². The monoisotopic (exact) mass is 374 g/mol. The molecule has 7 nitrogen and oxygen atoms in total. The summed E-state index contributed by atoms with van der Waals surface area (Å²) in [5, 5.41) is 0. The molecule has 0 spiro atoms. The largest absolute Gasteiger partial charge is 0.458 e. The van der Waals surface area contributed by atoms with E-state index in [9.17, 15) is 14.4 Å². The molecule has 1 aliphatic carbocycles. The summed E-state index contributed by atoms with van der Waals surface area (Å²) in [5.41, 5.74) is 0.878. The molecule has 0 aromatic rings. The van der Waals surface area contributed by atoms with Crippen LogP contribution in [0.2, 0.25) is 0 Å². The van der Waals surface area contributed by atoms with E-state index in [0.29, 0.717) is 12.0 Å². The van der Waals surface area contributed by atoms with Gasteiger partial charge in [-0.15, -0.1) is 0 Å². The van der Waals surface area contributed by atoms with Gasteiger partial charge in [-0.2, -0.15) is 0 Å². The third kappa shape index (κ3) is 3.10. The quantitative estimate of drug-likeness (QED) is 0.315. The topological polar surface area (TPSA) is 91.4 Å². The van der Waals surface area contributed by atoms with Gasteiger partial charge in [-0.3, -0.25) is 0 Å². The minimum atomic E-state index is -0.777. The summed E-state index contributed by atoms with van der Waals surface area (Å²) in [4.78, 5) is 36.7. The molecule has 0 N–H and O–H groups in total. The van der Waals surface area contributed by atoms with Crippen LogP contribution in [-0.4, -0.2) is 47.9 Å². The van der Waals surface area contributed by atoms with Gasteiger partial charge < -0.3 is 18.9 Å². The van der Waals surface area contributed by atoms with E-state index in [1.54, 1.807) is 19.9 Å². The minimum absolute atomic E-state index is 0.137. The van der Waals surface area contributed by atoms with Crippen molar-refractivity contribution in [2.45, 2.75) is 63.6 Å². The van der Waals surface area contributed by atoms with Crippen LogP contribution in [0.15, 0.2) is 35.5 Å². The molecule has 7 heteroatoms. The van der Waals surface area contributed by atoms with Crippen LogP contribution in [0.5, 0.6) is 0 Å². The lowest BCUT2D eigenvalue weighted by molar-refractivity contribution is -0.149. The average molecular weight is 374 g/mol. The van der Waals surface area contributed by atoms with Gasteiger partial charge in [0.05, 0.1) is 11.5 Å². The number of rotatable bonds is 2. The summed E-state index contributed by atoms with van der Waals surface area (Å²) in [6, 6.07) is 0. The lowest BCUT2D eigenvalue weighted by Crippen LogP contribution is -2.38. The third-order valence-electron chi connectivity index (χ3n) is 5.51. The Hall–Kier alpha value is -2.41. The maximum Gasteiger partial charge on any atom is 0.334 e. The molecule has 0 unspecified atom stereocenters. The van der Waals surface area contributed by atoms with Gasteiger partial charge in [0.2, 0.25) is 0 Å². The fourth-order valence-corrected chi connectivity index (χ4v) is 4.20. The van der Waals surface area contributed by atoms with Crippen LogP contribution in [0.3, 0.4) is 0 Å². The first kappa shape index (κ1) is 18.0. The molecule has 4 aliphatic rings. The second-order valence-corrected chi connectivity index (χ2v) is 8.01. The van der Waals surface area contributed by atoms with Crippen molar-refractivity contribution in [3.63, 3.8) is 0 Å². The van der Waals surface area contributed by atoms with Crippen molar-refractivity contribution < 1.29 is 33.3 Å². The lowest BCUT2D eigenvalue weighted by atomic mass is 9.82. The zero-order chi connectivity index (χ0) is 19.5. The number of hydrogen-bond acceptors (Lipinski definition) is 7. The highest BCUT2D eigenvalue weighted by molar-refractivity contribution is 5.93. The molecular weight excluding hydrogens is 352 g/mol. The molecule has 27 heavy (non-hydrogen) atoms. The normalized spacial score (nSPS) is 39.4. The predicted molar refractivity (Wildman–Crippen MR) is 92.3 cm³/mol. The van der Waals surface area contributed by atoms with Crippen LogP contribution in [0.4, 0.5) is 0 Å². The number of esters is 3. The fourth-order valence-electron chi connectivity index (χ4n) is 4.20.